The zero-order chi connectivity index (χ0) is 21.5. The number of hydrogen-bond donors (Lipinski definition) is 3. The lowest BCUT2D eigenvalue weighted by Gasteiger charge is -2.13. The summed E-state index contributed by atoms with van der Waals surface area (Å²) >= 11 is 6.45. The molecule has 4 nitrogen and oxygen atoms in total. The highest BCUT2D eigenvalue weighted by Gasteiger charge is 2.13. The average molecular weight is 421 g/mol. The fourth-order valence-corrected chi connectivity index (χ4v) is 3.52. The molecule has 0 radical (unpaired) electrons. The number of aliphatic hydroxyl groups is 1. The summed E-state index contributed by atoms with van der Waals surface area (Å²) in [7, 11) is 0. The molecule has 3 aromatic rings. The molecule has 0 heterocycles. The van der Waals surface area contributed by atoms with E-state index in [2.05, 4.69) is 48.6 Å². The second-order valence-corrected chi connectivity index (χ2v) is 7.50. The molecule has 0 aliphatic heterocycles. The molecule has 4 N–H and O–H groups in total. The van der Waals surface area contributed by atoms with Gasteiger partial charge in [-0.2, -0.15) is 0 Å². The molecule has 1 amide bonds. The van der Waals surface area contributed by atoms with Gasteiger partial charge in [-0.1, -0.05) is 84.4 Å². The molecule has 1 atom stereocenters. The van der Waals surface area contributed by atoms with Crippen molar-refractivity contribution in [1.82, 2.24) is 5.32 Å². The second kappa shape index (κ2) is 10.2. The maximum Gasteiger partial charge on any atom is 0.236 e. The molecule has 3 aromatic carbocycles. The van der Waals surface area contributed by atoms with Crippen molar-refractivity contribution in [3.05, 3.63) is 94.0 Å². The van der Waals surface area contributed by atoms with E-state index in [9.17, 15) is 4.79 Å². The molecule has 0 bridgehead atoms. The topological polar surface area (TPSA) is 75.3 Å². The van der Waals surface area contributed by atoms with E-state index in [1.807, 2.05) is 42.5 Å². The first-order valence-electron chi connectivity index (χ1n) is 9.74. The Bertz CT molecular complexity index is 1050. The van der Waals surface area contributed by atoms with Crippen molar-refractivity contribution in [2.45, 2.75) is 19.5 Å². The first-order chi connectivity index (χ1) is 14.5. The van der Waals surface area contributed by atoms with Crippen molar-refractivity contribution >= 4 is 29.7 Å². The lowest BCUT2D eigenvalue weighted by atomic mass is 9.96. The van der Waals surface area contributed by atoms with E-state index >= 15 is 0 Å². The summed E-state index contributed by atoms with van der Waals surface area (Å²) in [5, 5.41) is 12.7. The number of rotatable bonds is 8. The van der Waals surface area contributed by atoms with Gasteiger partial charge < -0.3 is 10.8 Å². The van der Waals surface area contributed by atoms with Crippen LogP contribution in [0.1, 0.15) is 22.3 Å². The second-order valence-electron chi connectivity index (χ2n) is 7.09. The largest absolute Gasteiger partial charge is 0.394 e. The van der Waals surface area contributed by atoms with Crippen LogP contribution in [0.15, 0.2) is 66.7 Å². The summed E-state index contributed by atoms with van der Waals surface area (Å²) in [4.78, 5) is 11.2. The van der Waals surface area contributed by atoms with E-state index in [1.54, 1.807) is 0 Å². The molecule has 154 valence electrons. The number of aliphatic hydroxyl groups excluding tert-OH is 1. The number of primary amides is 1. The highest BCUT2D eigenvalue weighted by molar-refractivity contribution is 6.32. The highest BCUT2D eigenvalue weighted by Crippen LogP contribution is 2.27. The lowest BCUT2D eigenvalue weighted by Crippen LogP contribution is -2.43. The van der Waals surface area contributed by atoms with E-state index < -0.39 is 11.9 Å². The highest BCUT2D eigenvalue weighted by atomic mass is 35.5. The van der Waals surface area contributed by atoms with Crippen LogP contribution in [-0.2, 0) is 11.3 Å². The number of carbonyl (C=O) groups excluding carboxylic acids is 1. The molecule has 0 aliphatic rings. The van der Waals surface area contributed by atoms with Crippen LogP contribution in [0.25, 0.3) is 23.3 Å². The molecule has 0 saturated heterocycles. The number of nitrogens with two attached hydrogens (primary N) is 1. The third-order valence-electron chi connectivity index (χ3n) is 5.05. The molecule has 0 saturated carbocycles. The molecule has 0 unspecified atom stereocenters. The van der Waals surface area contributed by atoms with Crippen molar-refractivity contribution in [2.24, 2.45) is 5.73 Å². The Kier molecular flexibility index (Phi) is 7.41. The third-order valence-corrected chi connectivity index (χ3v) is 5.37. The number of amides is 1. The van der Waals surface area contributed by atoms with E-state index in [4.69, 9.17) is 22.4 Å². The number of benzene rings is 3. The Morgan fingerprint density at radius 2 is 1.80 bits per heavy atom. The molecular weight excluding hydrogens is 396 g/mol. The van der Waals surface area contributed by atoms with Gasteiger partial charge in [-0.25, -0.2) is 0 Å². The van der Waals surface area contributed by atoms with Crippen LogP contribution in [-0.4, -0.2) is 23.7 Å². The standard InChI is InChI=1S/C25H25ClN2O2/c1-17-19(8-5-9-22(17)20-6-3-2-4-7-20)12-13-21-11-10-18(14-23(21)26)15-28-24(16-29)25(27)30/h2-14,24,28-29H,15-16H2,1H3,(H2,27,30)/b13-12+/t24-/m0/s1. The summed E-state index contributed by atoms with van der Waals surface area (Å²) in [6.07, 6.45) is 4.06. The van der Waals surface area contributed by atoms with Gasteiger partial charge in [0.1, 0.15) is 6.04 Å². The normalized spacial score (nSPS) is 12.2. The maximum absolute atomic E-state index is 11.2. The molecule has 30 heavy (non-hydrogen) atoms. The van der Waals surface area contributed by atoms with Crippen molar-refractivity contribution in [1.29, 1.82) is 0 Å². The zero-order valence-corrected chi connectivity index (χ0v) is 17.6. The number of halogens is 1. The van der Waals surface area contributed by atoms with Gasteiger partial charge in [0.2, 0.25) is 5.91 Å². The summed E-state index contributed by atoms with van der Waals surface area (Å²) < 4.78 is 0. The Labute approximate surface area is 182 Å². The quantitative estimate of drug-likeness (QED) is 0.472. The van der Waals surface area contributed by atoms with Crippen LogP contribution in [0, 0.1) is 6.92 Å². The first kappa shape index (κ1) is 21.8. The lowest BCUT2D eigenvalue weighted by molar-refractivity contribution is -0.120. The maximum atomic E-state index is 11.2. The van der Waals surface area contributed by atoms with Gasteiger partial charge in [-0.15, -0.1) is 0 Å². The van der Waals surface area contributed by atoms with Crippen molar-refractivity contribution in [3.63, 3.8) is 0 Å². The minimum Gasteiger partial charge on any atom is -0.394 e. The predicted molar refractivity (Wildman–Crippen MR) is 124 cm³/mol. The molecule has 0 fully saturated rings. The summed E-state index contributed by atoms with van der Waals surface area (Å²) in [5.41, 5.74) is 11.8. The molecular formula is C25H25ClN2O2. The van der Waals surface area contributed by atoms with Crippen molar-refractivity contribution in [2.75, 3.05) is 6.61 Å². The van der Waals surface area contributed by atoms with Crippen molar-refractivity contribution in [3.8, 4) is 11.1 Å². The van der Waals surface area contributed by atoms with Gasteiger partial charge in [0.15, 0.2) is 0 Å². The Morgan fingerprint density at radius 1 is 1.07 bits per heavy atom. The van der Waals surface area contributed by atoms with Crippen LogP contribution >= 0.6 is 11.6 Å². The molecule has 0 aromatic heterocycles. The fourth-order valence-electron chi connectivity index (χ4n) is 3.26. The molecule has 0 aliphatic carbocycles. The zero-order valence-electron chi connectivity index (χ0n) is 16.8. The van der Waals surface area contributed by atoms with Gasteiger partial charge in [-0.3, -0.25) is 10.1 Å². The molecule has 5 heteroatoms. The minimum atomic E-state index is -0.775. The van der Waals surface area contributed by atoms with Gasteiger partial charge in [0.25, 0.3) is 0 Å². The van der Waals surface area contributed by atoms with Crippen LogP contribution in [0.4, 0.5) is 0 Å². The third kappa shape index (κ3) is 5.36. The van der Waals surface area contributed by atoms with E-state index in [0.717, 1.165) is 16.7 Å². The monoisotopic (exact) mass is 420 g/mol. The average Bonchev–Trinajstić information content (AvgIpc) is 2.75. The van der Waals surface area contributed by atoms with Crippen molar-refractivity contribution < 1.29 is 9.90 Å². The van der Waals surface area contributed by atoms with E-state index in [-0.39, 0.29) is 6.61 Å². The Morgan fingerprint density at radius 3 is 2.47 bits per heavy atom. The van der Waals surface area contributed by atoms with E-state index in [0.29, 0.717) is 11.6 Å². The van der Waals surface area contributed by atoms with Crippen LogP contribution < -0.4 is 11.1 Å². The van der Waals surface area contributed by atoms with Gasteiger partial charge in [-0.05, 0) is 46.4 Å². The first-order valence-corrected chi connectivity index (χ1v) is 10.1. The number of nitrogens with one attached hydrogen (secondary N) is 1. The van der Waals surface area contributed by atoms with Gasteiger partial charge >= 0.3 is 0 Å². The van der Waals surface area contributed by atoms with E-state index in [1.165, 1.54) is 16.7 Å². The van der Waals surface area contributed by atoms with Crippen LogP contribution in [0.2, 0.25) is 5.02 Å². The smallest absolute Gasteiger partial charge is 0.236 e. The Balaban J connectivity index is 1.76. The number of carbonyl (C=O) groups is 1. The SMILES string of the molecule is Cc1c(/C=C/c2ccc(CN[C@@H](CO)C(N)=O)cc2Cl)cccc1-c1ccccc1. The molecule has 0 spiro atoms. The van der Waals surface area contributed by atoms with Crippen LogP contribution in [0.5, 0.6) is 0 Å². The fraction of sp³-hybridized carbons (Fsp3) is 0.160. The van der Waals surface area contributed by atoms with Gasteiger partial charge in [0.05, 0.1) is 6.61 Å². The molecule has 3 rings (SSSR count). The minimum absolute atomic E-state index is 0.342. The number of hydrogen-bond acceptors (Lipinski definition) is 3. The predicted octanol–water partition coefficient (Wildman–Crippen LogP) is 4.42. The summed E-state index contributed by atoms with van der Waals surface area (Å²) in [5.74, 6) is -0.587. The van der Waals surface area contributed by atoms with Gasteiger partial charge in [0, 0.05) is 11.6 Å². The summed E-state index contributed by atoms with van der Waals surface area (Å²) in [6, 6.07) is 21.5. The summed E-state index contributed by atoms with van der Waals surface area (Å²) in [6.45, 7) is 2.16. The van der Waals surface area contributed by atoms with Crippen LogP contribution in [0.3, 0.4) is 0 Å². The Hall–Kier alpha value is -2.92.